The molecule has 1 heterocycles. The predicted molar refractivity (Wildman–Crippen MR) is 118 cm³/mol. The zero-order valence-corrected chi connectivity index (χ0v) is 18.2. The molecule has 3 aromatic rings. The van der Waals surface area contributed by atoms with E-state index >= 15 is 0 Å². The summed E-state index contributed by atoms with van der Waals surface area (Å²) in [5.74, 6) is -0.596. The highest BCUT2D eigenvalue weighted by Crippen LogP contribution is 2.34. The number of hydrogen-bond acceptors (Lipinski definition) is 5. The van der Waals surface area contributed by atoms with Gasteiger partial charge in [-0.1, -0.05) is 29.8 Å². The van der Waals surface area contributed by atoms with Crippen molar-refractivity contribution in [3.05, 3.63) is 77.6 Å². The summed E-state index contributed by atoms with van der Waals surface area (Å²) in [4.78, 5) is 12.6. The van der Waals surface area contributed by atoms with Gasteiger partial charge in [-0.3, -0.25) is 9.10 Å². The van der Waals surface area contributed by atoms with Crippen LogP contribution in [0.2, 0.25) is 5.02 Å². The van der Waals surface area contributed by atoms with E-state index in [0.29, 0.717) is 23.1 Å². The van der Waals surface area contributed by atoms with Crippen molar-refractivity contribution in [3.8, 4) is 11.5 Å². The van der Waals surface area contributed by atoms with Gasteiger partial charge < -0.3 is 14.8 Å². The summed E-state index contributed by atoms with van der Waals surface area (Å²) in [6.45, 7) is 0.0343. The lowest BCUT2D eigenvalue weighted by Gasteiger charge is -2.25. The maximum absolute atomic E-state index is 13.9. The Balaban J connectivity index is 1.69. The molecule has 1 aliphatic heterocycles. The Morgan fingerprint density at radius 2 is 1.75 bits per heavy atom. The normalized spacial score (nSPS) is 12.8. The average molecular weight is 477 g/mol. The molecule has 7 nitrogen and oxygen atoms in total. The number of benzene rings is 3. The number of nitrogens with zero attached hydrogens (tertiary/aromatic N) is 1. The maximum Gasteiger partial charge on any atom is 0.264 e. The molecule has 0 saturated heterocycles. The van der Waals surface area contributed by atoms with Gasteiger partial charge in [0.05, 0.1) is 21.3 Å². The van der Waals surface area contributed by atoms with Crippen molar-refractivity contribution in [1.82, 2.24) is 0 Å². The molecule has 0 atom stereocenters. The van der Waals surface area contributed by atoms with Gasteiger partial charge in [-0.15, -0.1) is 0 Å². The van der Waals surface area contributed by atoms with Gasteiger partial charge in [-0.2, -0.15) is 0 Å². The molecule has 1 aliphatic rings. The molecule has 0 fully saturated rings. The van der Waals surface area contributed by atoms with Gasteiger partial charge in [0.1, 0.15) is 25.6 Å². The summed E-state index contributed by atoms with van der Waals surface area (Å²) < 4.78 is 52.6. The number of hydrogen-bond donors (Lipinski definition) is 1. The molecule has 0 saturated carbocycles. The van der Waals surface area contributed by atoms with Crippen LogP contribution >= 0.6 is 11.6 Å². The third kappa shape index (κ3) is 4.63. The van der Waals surface area contributed by atoms with Gasteiger partial charge in [-0.05, 0) is 42.5 Å². The molecule has 0 unspecified atom stereocenters. The molecule has 0 aromatic heterocycles. The van der Waals surface area contributed by atoms with E-state index < -0.39 is 28.3 Å². The number of carbonyl (C=O) groups excluding carboxylic acids is 1. The van der Waals surface area contributed by atoms with Gasteiger partial charge in [0.15, 0.2) is 11.5 Å². The van der Waals surface area contributed by atoms with Crippen molar-refractivity contribution in [3.63, 3.8) is 0 Å². The van der Waals surface area contributed by atoms with E-state index in [2.05, 4.69) is 5.32 Å². The highest BCUT2D eigenvalue weighted by molar-refractivity contribution is 7.92. The van der Waals surface area contributed by atoms with Crippen molar-refractivity contribution in [2.24, 2.45) is 0 Å². The molecule has 3 aromatic carbocycles. The topological polar surface area (TPSA) is 84.9 Å². The number of ether oxygens (including phenoxy) is 2. The predicted octanol–water partition coefficient (Wildman–Crippen LogP) is 4.08. The van der Waals surface area contributed by atoms with Crippen LogP contribution in [0.5, 0.6) is 11.5 Å². The minimum atomic E-state index is -4.26. The van der Waals surface area contributed by atoms with Crippen LogP contribution in [0.15, 0.2) is 71.6 Å². The molecule has 1 N–H and O–H groups in total. The number of rotatable bonds is 6. The highest BCUT2D eigenvalue weighted by Gasteiger charge is 2.29. The van der Waals surface area contributed by atoms with E-state index in [0.717, 1.165) is 10.4 Å². The second kappa shape index (κ2) is 9.05. The van der Waals surface area contributed by atoms with Crippen LogP contribution in [-0.2, 0) is 14.8 Å². The Bertz CT molecular complexity index is 1270. The number of nitrogens with one attached hydrogen (secondary N) is 1. The Labute approximate surface area is 189 Å². The fourth-order valence-corrected chi connectivity index (χ4v) is 4.75. The summed E-state index contributed by atoms with van der Waals surface area (Å²) in [5, 5.41) is 2.88. The third-order valence-electron chi connectivity index (χ3n) is 4.63. The van der Waals surface area contributed by atoms with Crippen molar-refractivity contribution in [2.75, 3.05) is 29.4 Å². The first kappa shape index (κ1) is 21.9. The zero-order chi connectivity index (χ0) is 22.7. The quantitative estimate of drug-likeness (QED) is 0.579. The monoisotopic (exact) mass is 476 g/mol. The van der Waals surface area contributed by atoms with E-state index in [-0.39, 0.29) is 22.9 Å². The number of amides is 1. The van der Waals surface area contributed by atoms with Crippen LogP contribution in [-0.4, -0.2) is 34.1 Å². The number of anilines is 2. The number of sulfonamides is 1. The minimum Gasteiger partial charge on any atom is -0.486 e. The summed E-state index contributed by atoms with van der Waals surface area (Å²) in [5.41, 5.74) is 0.323. The first-order chi connectivity index (χ1) is 15.3. The zero-order valence-electron chi connectivity index (χ0n) is 16.6. The summed E-state index contributed by atoms with van der Waals surface area (Å²) in [6, 6.07) is 15.7. The molecule has 0 aliphatic carbocycles. The smallest absolute Gasteiger partial charge is 0.264 e. The maximum atomic E-state index is 13.9. The van der Waals surface area contributed by atoms with Crippen LogP contribution in [0.4, 0.5) is 15.8 Å². The average Bonchev–Trinajstić information content (AvgIpc) is 2.78. The molecule has 0 bridgehead atoms. The van der Waals surface area contributed by atoms with E-state index in [1.54, 1.807) is 24.3 Å². The lowest BCUT2D eigenvalue weighted by molar-refractivity contribution is -0.114. The first-order valence-corrected chi connectivity index (χ1v) is 11.4. The van der Waals surface area contributed by atoms with E-state index in [9.17, 15) is 17.6 Å². The third-order valence-corrected chi connectivity index (χ3v) is 6.73. The van der Waals surface area contributed by atoms with Crippen molar-refractivity contribution < 1.29 is 27.1 Å². The van der Waals surface area contributed by atoms with Crippen LogP contribution in [0.1, 0.15) is 0 Å². The van der Waals surface area contributed by atoms with Gasteiger partial charge in [-0.25, -0.2) is 12.8 Å². The highest BCUT2D eigenvalue weighted by atomic mass is 35.5. The van der Waals surface area contributed by atoms with Crippen LogP contribution in [0.25, 0.3) is 0 Å². The summed E-state index contributed by atoms with van der Waals surface area (Å²) in [6.07, 6.45) is 0. The standard InChI is InChI=1S/C22H18ClFN2O5S/c23-18-6-1-2-7-19(18)25-22(27)14-26(16-5-3-4-15(24)12-16)32(28,29)17-8-9-20-21(13-17)31-11-10-30-20/h1-9,12-13H,10-11,14H2,(H,25,27). The Kier molecular flexibility index (Phi) is 6.20. The second-order valence-corrected chi connectivity index (χ2v) is 9.09. The number of halogens is 2. The van der Waals surface area contributed by atoms with E-state index in [4.69, 9.17) is 21.1 Å². The lowest BCUT2D eigenvalue weighted by atomic mass is 10.3. The molecule has 0 radical (unpaired) electrons. The molecular formula is C22H18ClFN2O5S. The second-order valence-electron chi connectivity index (χ2n) is 6.83. The van der Waals surface area contributed by atoms with E-state index in [1.165, 1.54) is 36.4 Å². The van der Waals surface area contributed by atoms with Gasteiger partial charge in [0, 0.05) is 6.07 Å². The molecule has 0 spiro atoms. The van der Waals surface area contributed by atoms with Crippen molar-refractivity contribution in [2.45, 2.75) is 4.90 Å². The summed E-state index contributed by atoms with van der Waals surface area (Å²) in [7, 11) is -4.26. The van der Waals surface area contributed by atoms with Gasteiger partial charge >= 0.3 is 0 Å². The molecule has 4 rings (SSSR count). The summed E-state index contributed by atoms with van der Waals surface area (Å²) >= 11 is 6.07. The minimum absolute atomic E-state index is 0.00537. The fraction of sp³-hybridized carbons (Fsp3) is 0.136. The fourth-order valence-electron chi connectivity index (χ4n) is 3.14. The lowest BCUT2D eigenvalue weighted by Crippen LogP contribution is -2.38. The van der Waals surface area contributed by atoms with Gasteiger partial charge in [0.25, 0.3) is 10.0 Å². The first-order valence-electron chi connectivity index (χ1n) is 9.57. The Hall–Kier alpha value is -3.30. The molecule has 1 amide bonds. The van der Waals surface area contributed by atoms with Crippen LogP contribution in [0, 0.1) is 5.82 Å². The van der Waals surface area contributed by atoms with Crippen LogP contribution in [0.3, 0.4) is 0 Å². The number of para-hydroxylation sites is 1. The van der Waals surface area contributed by atoms with Crippen molar-refractivity contribution >= 4 is 38.9 Å². The largest absolute Gasteiger partial charge is 0.486 e. The number of carbonyl (C=O) groups is 1. The van der Waals surface area contributed by atoms with Crippen molar-refractivity contribution in [1.29, 1.82) is 0 Å². The number of fused-ring (bicyclic) bond motifs is 1. The molecular weight excluding hydrogens is 459 g/mol. The van der Waals surface area contributed by atoms with Gasteiger partial charge in [0.2, 0.25) is 5.91 Å². The molecule has 32 heavy (non-hydrogen) atoms. The Morgan fingerprint density at radius 3 is 2.50 bits per heavy atom. The molecule has 166 valence electrons. The van der Waals surface area contributed by atoms with Crippen LogP contribution < -0.4 is 19.1 Å². The Morgan fingerprint density at radius 1 is 1.00 bits per heavy atom. The van der Waals surface area contributed by atoms with E-state index in [1.807, 2.05) is 0 Å². The molecule has 10 heteroatoms. The SMILES string of the molecule is O=C(CN(c1cccc(F)c1)S(=O)(=O)c1ccc2c(c1)OCCO2)Nc1ccccc1Cl.